The van der Waals surface area contributed by atoms with E-state index in [1.807, 2.05) is 79.1 Å². The molecule has 0 amide bonds. The topological polar surface area (TPSA) is 62.7 Å². The van der Waals surface area contributed by atoms with Gasteiger partial charge in [0.25, 0.3) is 0 Å². The van der Waals surface area contributed by atoms with Gasteiger partial charge in [-0.3, -0.25) is 9.97 Å². The Balaban J connectivity index is 1.40. The van der Waals surface area contributed by atoms with E-state index in [-0.39, 0.29) is 0 Å². The Morgan fingerprint density at radius 1 is 0.512 bits per heavy atom. The van der Waals surface area contributed by atoms with Gasteiger partial charge in [0.15, 0.2) is 23.0 Å². The Kier molecular flexibility index (Phi) is 7.37. The molecule has 6 rings (SSSR count). The van der Waals surface area contributed by atoms with Gasteiger partial charge in [-0.2, -0.15) is 0 Å². The van der Waals surface area contributed by atoms with Crippen molar-refractivity contribution < 1.29 is 18.9 Å². The summed E-state index contributed by atoms with van der Waals surface area (Å²) in [6.45, 7) is 0. The molecule has 0 radical (unpaired) electrons. The van der Waals surface area contributed by atoms with E-state index >= 15 is 0 Å². The maximum Gasteiger partial charge on any atom is 0.169 e. The highest BCUT2D eigenvalue weighted by Crippen LogP contribution is 2.41. The van der Waals surface area contributed by atoms with Gasteiger partial charge in [-0.1, -0.05) is 54.6 Å². The summed E-state index contributed by atoms with van der Waals surface area (Å²) in [4.78, 5) is 9.39. The molecule has 0 aliphatic heterocycles. The average molecular weight is 543 g/mol. The second-order valence-electron chi connectivity index (χ2n) is 9.71. The smallest absolute Gasteiger partial charge is 0.169 e. The summed E-state index contributed by atoms with van der Waals surface area (Å²) < 4.78 is 23.6. The van der Waals surface area contributed by atoms with Crippen molar-refractivity contribution in [1.29, 1.82) is 0 Å². The zero-order valence-electron chi connectivity index (χ0n) is 23.3. The molecule has 0 bridgehead atoms. The van der Waals surface area contributed by atoms with Gasteiger partial charge in [0.05, 0.1) is 32.7 Å². The Bertz CT molecular complexity index is 1840. The molecule has 0 aliphatic rings. The summed E-state index contributed by atoms with van der Waals surface area (Å²) in [6, 6.07) is 30.4. The molecule has 2 heterocycles. The van der Waals surface area contributed by atoms with Crippen LogP contribution in [0, 0.1) is 0 Å². The Labute approximate surface area is 239 Å². The molecule has 0 saturated heterocycles. The highest BCUT2D eigenvalue weighted by Gasteiger charge is 2.18. The van der Waals surface area contributed by atoms with Crippen LogP contribution in [0.4, 0.5) is 0 Å². The van der Waals surface area contributed by atoms with Gasteiger partial charge in [0.2, 0.25) is 0 Å². The van der Waals surface area contributed by atoms with Crippen LogP contribution in [0.15, 0.2) is 103 Å². The minimum absolute atomic E-state index is 0.541. The van der Waals surface area contributed by atoms with Crippen molar-refractivity contribution in [2.75, 3.05) is 21.3 Å². The maximum atomic E-state index is 6.61. The quantitative estimate of drug-likeness (QED) is 0.186. The molecule has 6 nitrogen and oxygen atoms in total. The number of benzene rings is 4. The van der Waals surface area contributed by atoms with Crippen LogP contribution >= 0.6 is 0 Å². The van der Waals surface area contributed by atoms with Crippen LogP contribution in [0.1, 0.15) is 22.5 Å². The first-order valence-electron chi connectivity index (χ1n) is 13.4. The first-order chi connectivity index (χ1) is 20.2. The van der Waals surface area contributed by atoms with E-state index < -0.39 is 0 Å². The first kappa shape index (κ1) is 26.1. The van der Waals surface area contributed by atoms with Crippen LogP contribution in [0.25, 0.3) is 21.5 Å². The average Bonchev–Trinajstić information content (AvgIpc) is 3.02. The summed E-state index contributed by atoms with van der Waals surface area (Å²) in [5.74, 6) is 3.06. The summed E-state index contributed by atoms with van der Waals surface area (Å²) in [5.41, 5.74) is 3.92. The van der Waals surface area contributed by atoms with Crippen LogP contribution in [-0.2, 0) is 12.8 Å². The van der Waals surface area contributed by atoms with Crippen molar-refractivity contribution in [2.24, 2.45) is 0 Å². The highest BCUT2D eigenvalue weighted by atomic mass is 16.5. The molecule has 0 unspecified atom stereocenters. The lowest BCUT2D eigenvalue weighted by molar-refractivity contribution is 0.348. The minimum Gasteiger partial charge on any atom is -0.493 e. The van der Waals surface area contributed by atoms with E-state index in [0.29, 0.717) is 41.6 Å². The van der Waals surface area contributed by atoms with Gasteiger partial charge in [-0.25, -0.2) is 0 Å². The number of aromatic nitrogens is 2. The number of hydrogen-bond donors (Lipinski definition) is 0. The lowest BCUT2D eigenvalue weighted by Crippen LogP contribution is -2.01. The number of pyridine rings is 2. The Morgan fingerprint density at radius 2 is 1.10 bits per heavy atom. The van der Waals surface area contributed by atoms with Crippen LogP contribution in [0.3, 0.4) is 0 Å². The summed E-state index contributed by atoms with van der Waals surface area (Å²) >= 11 is 0. The third-order valence-electron chi connectivity index (χ3n) is 7.26. The van der Waals surface area contributed by atoms with E-state index in [1.165, 1.54) is 5.39 Å². The van der Waals surface area contributed by atoms with E-state index in [0.717, 1.165) is 38.7 Å². The lowest BCUT2D eigenvalue weighted by Gasteiger charge is -2.18. The van der Waals surface area contributed by atoms with Crippen molar-refractivity contribution in [3.8, 4) is 28.7 Å². The molecule has 6 heteroatoms. The van der Waals surface area contributed by atoms with E-state index in [4.69, 9.17) is 23.9 Å². The van der Waals surface area contributed by atoms with Crippen LogP contribution < -0.4 is 18.9 Å². The minimum atomic E-state index is 0.541. The molecule has 0 fully saturated rings. The molecule has 4 aromatic carbocycles. The number of fused-ring (bicyclic) bond motifs is 2. The predicted octanol–water partition coefficient (Wildman–Crippen LogP) is 7.78. The highest BCUT2D eigenvalue weighted by molar-refractivity contribution is 5.85. The maximum absolute atomic E-state index is 6.61. The first-order valence-corrected chi connectivity index (χ1v) is 13.4. The van der Waals surface area contributed by atoms with Crippen molar-refractivity contribution in [3.05, 3.63) is 126 Å². The second-order valence-corrected chi connectivity index (χ2v) is 9.71. The van der Waals surface area contributed by atoms with Crippen molar-refractivity contribution in [1.82, 2.24) is 9.97 Å². The second kappa shape index (κ2) is 11.6. The van der Waals surface area contributed by atoms with Gasteiger partial charge in [-0.05, 0) is 46.7 Å². The van der Waals surface area contributed by atoms with E-state index in [1.54, 1.807) is 21.3 Å². The fraction of sp³-hybridized carbons (Fsp3) is 0.143. The standard InChI is InChI=1S/C35H30N2O4/c1-38-31-13-12-23(18-29-27-10-6-4-8-24(27)14-16-36-29)19-35(31)41-32-22-34(40-3)33(39-2)21-26(32)20-30-28-11-7-5-9-25(28)15-17-37-30/h4-17,19,21-22H,18,20H2,1-3H3. The van der Waals surface area contributed by atoms with Crippen LogP contribution in [0.2, 0.25) is 0 Å². The molecular formula is C35H30N2O4. The summed E-state index contributed by atoms with van der Waals surface area (Å²) in [6.07, 6.45) is 4.89. The Hall–Kier alpha value is -5.10. The number of rotatable bonds is 9. The van der Waals surface area contributed by atoms with E-state index in [2.05, 4.69) is 29.2 Å². The number of hydrogen-bond acceptors (Lipinski definition) is 6. The summed E-state index contributed by atoms with van der Waals surface area (Å²) in [7, 11) is 4.89. The van der Waals surface area contributed by atoms with Gasteiger partial charge in [-0.15, -0.1) is 0 Å². The number of ether oxygens (including phenoxy) is 4. The van der Waals surface area contributed by atoms with E-state index in [9.17, 15) is 0 Å². The Morgan fingerprint density at radius 3 is 1.73 bits per heavy atom. The number of nitrogens with zero attached hydrogens (tertiary/aromatic N) is 2. The third kappa shape index (κ3) is 5.37. The van der Waals surface area contributed by atoms with Gasteiger partial charge in [0, 0.05) is 47.6 Å². The van der Waals surface area contributed by atoms with Crippen LogP contribution in [0.5, 0.6) is 28.7 Å². The fourth-order valence-electron chi connectivity index (χ4n) is 5.18. The fourth-order valence-corrected chi connectivity index (χ4v) is 5.18. The van der Waals surface area contributed by atoms with Crippen molar-refractivity contribution in [3.63, 3.8) is 0 Å². The number of methoxy groups -OCH3 is 3. The molecule has 0 spiro atoms. The van der Waals surface area contributed by atoms with Gasteiger partial charge < -0.3 is 18.9 Å². The molecule has 0 aliphatic carbocycles. The monoisotopic (exact) mass is 542 g/mol. The normalized spacial score (nSPS) is 11.0. The molecule has 0 atom stereocenters. The molecule has 41 heavy (non-hydrogen) atoms. The van der Waals surface area contributed by atoms with Crippen molar-refractivity contribution >= 4 is 21.5 Å². The molecule has 6 aromatic rings. The molecular weight excluding hydrogens is 512 g/mol. The third-order valence-corrected chi connectivity index (χ3v) is 7.26. The zero-order valence-corrected chi connectivity index (χ0v) is 23.3. The van der Waals surface area contributed by atoms with Gasteiger partial charge in [0.1, 0.15) is 5.75 Å². The van der Waals surface area contributed by atoms with Crippen LogP contribution in [-0.4, -0.2) is 31.3 Å². The molecule has 0 N–H and O–H groups in total. The zero-order chi connectivity index (χ0) is 28.2. The largest absolute Gasteiger partial charge is 0.493 e. The molecule has 2 aromatic heterocycles. The lowest BCUT2D eigenvalue weighted by atomic mass is 10.0. The molecule has 0 saturated carbocycles. The predicted molar refractivity (Wildman–Crippen MR) is 162 cm³/mol. The summed E-state index contributed by atoms with van der Waals surface area (Å²) in [5, 5.41) is 4.53. The van der Waals surface area contributed by atoms with Crippen molar-refractivity contribution in [2.45, 2.75) is 12.8 Å². The SMILES string of the molecule is COc1cc(Cc2nccc3ccccc23)c(Oc2cc(Cc3nccc4ccccc34)ccc2OC)cc1OC. The molecule has 204 valence electrons. The van der Waals surface area contributed by atoms with Gasteiger partial charge >= 0.3 is 0 Å².